The van der Waals surface area contributed by atoms with E-state index in [0.29, 0.717) is 88.9 Å². The van der Waals surface area contributed by atoms with E-state index in [2.05, 4.69) is 51.6 Å². The summed E-state index contributed by atoms with van der Waals surface area (Å²) in [7, 11) is 0. The highest BCUT2D eigenvalue weighted by Gasteiger charge is 2.26. The van der Waals surface area contributed by atoms with Gasteiger partial charge in [0.05, 0.1) is 68.5 Å². The Morgan fingerprint density at radius 1 is 1.00 bits per heavy atom. The molecule has 2 aromatic heterocycles. The molecule has 1 fully saturated rings. The second-order valence-electron chi connectivity index (χ2n) is 11.1. The molecule has 0 saturated carbocycles. The van der Waals surface area contributed by atoms with Crippen LogP contribution in [0.5, 0.6) is 0 Å². The van der Waals surface area contributed by atoms with Gasteiger partial charge in [0.1, 0.15) is 5.76 Å². The van der Waals surface area contributed by atoms with E-state index in [1.807, 2.05) is 0 Å². The maximum atomic E-state index is 12.8. The van der Waals surface area contributed by atoms with Crippen molar-refractivity contribution in [2.45, 2.75) is 49.0 Å². The number of anilines is 1. The fourth-order valence-electron chi connectivity index (χ4n) is 4.09. The van der Waals surface area contributed by atoms with Crippen molar-refractivity contribution >= 4 is 46.1 Å². The number of likely N-dealkylation sites (tertiary alicyclic amines) is 1. The Morgan fingerprint density at radius 3 is 2.25 bits per heavy atom. The van der Waals surface area contributed by atoms with Crippen molar-refractivity contribution in [3.8, 4) is 0 Å². The quantitative estimate of drug-likeness (QED) is 0.129. The number of ether oxygens (including phenoxy) is 3. The minimum Gasteiger partial charge on any atom is -0.465 e. The zero-order valence-corrected chi connectivity index (χ0v) is 27.2. The Bertz CT molecular complexity index is 1160. The molecule has 4 N–H and O–H groups in total. The summed E-state index contributed by atoms with van der Waals surface area (Å²) in [5.41, 5.74) is -0.0849. The lowest BCUT2D eigenvalue weighted by molar-refractivity contribution is -0.123. The zero-order chi connectivity index (χ0) is 31.8. The van der Waals surface area contributed by atoms with Gasteiger partial charge in [0.2, 0.25) is 17.7 Å². The summed E-state index contributed by atoms with van der Waals surface area (Å²) in [6, 6.07) is 0. The highest BCUT2D eigenvalue weighted by atomic mass is 32.2. The van der Waals surface area contributed by atoms with E-state index in [-0.39, 0.29) is 36.2 Å². The second-order valence-corrected chi connectivity index (χ2v) is 13.4. The highest BCUT2D eigenvalue weighted by Crippen LogP contribution is 2.32. The number of nitrogens with one attached hydrogen (secondary N) is 3. The third-order valence-electron chi connectivity index (χ3n) is 6.51. The fourth-order valence-corrected chi connectivity index (χ4v) is 5.82. The number of carbonyl (C=O) groups is 3. The molecule has 16 heteroatoms. The topological polar surface area (TPSA) is 177 Å². The van der Waals surface area contributed by atoms with Gasteiger partial charge < -0.3 is 39.7 Å². The number of thioether (sulfide) groups is 1. The van der Waals surface area contributed by atoms with Crippen molar-refractivity contribution in [3.63, 3.8) is 0 Å². The molecule has 0 bridgehead atoms. The van der Waals surface area contributed by atoms with Crippen LogP contribution < -0.4 is 16.0 Å². The van der Waals surface area contributed by atoms with Gasteiger partial charge in [0, 0.05) is 24.4 Å². The first-order valence-electron chi connectivity index (χ1n) is 14.6. The summed E-state index contributed by atoms with van der Waals surface area (Å²) >= 11 is 3.01. The van der Waals surface area contributed by atoms with Crippen molar-refractivity contribution in [2.75, 3.05) is 77.7 Å². The van der Waals surface area contributed by atoms with E-state index in [4.69, 9.17) is 23.7 Å². The minimum atomic E-state index is -1.08. The van der Waals surface area contributed by atoms with Gasteiger partial charge in [-0.15, -0.1) is 11.8 Å². The van der Waals surface area contributed by atoms with Gasteiger partial charge in [-0.1, -0.05) is 32.1 Å². The summed E-state index contributed by atoms with van der Waals surface area (Å²) in [4.78, 5) is 46.2. The van der Waals surface area contributed by atoms with Crippen LogP contribution in [0.3, 0.4) is 0 Å². The normalized spacial score (nSPS) is 14.4. The van der Waals surface area contributed by atoms with Crippen LogP contribution in [-0.2, 0) is 35.0 Å². The fraction of sp³-hybridized carbons (Fsp3) is 0.679. The number of amides is 3. The lowest BCUT2D eigenvalue weighted by Gasteiger charge is -2.30. The predicted octanol–water partition coefficient (Wildman–Crippen LogP) is 2.81. The minimum absolute atomic E-state index is 0.0378. The van der Waals surface area contributed by atoms with Crippen LogP contribution in [0.4, 0.5) is 9.93 Å². The summed E-state index contributed by atoms with van der Waals surface area (Å²) < 4.78 is 22.9. The van der Waals surface area contributed by atoms with Crippen LogP contribution in [0.25, 0.3) is 0 Å². The Hall–Kier alpha value is -2.76. The highest BCUT2D eigenvalue weighted by molar-refractivity contribution is 8.00. The van der Waals surface area contributed by atoms with Crippen molar-refractivity contribution < 1.29 is 38.1 Å². The summed E-state index contributed by atoms with van der Waals surface area (Å²) in [6.45, 7) is 10.7. The molecule has 0 unspecified atom stereocenters. The molecule has 3 amide bonds. The molecule has 2 aromatic rings. The average Bonchev–Trinajstić information content (AvgIpc) is 3.64. The average molecular weight is 657 g/mol. The summed E-state index contributed by atoms with van der Waals surface area (Å²) in [6.07, 6.45) is 3.81. The molecule has 3 heterocycles. The van der Waals surface area contributed by atoms with Crippen LogP contribution in [0, 0.1) is 5.92 Å². The molecule has 0 aliphatic carbocycles. The molecule has 0 spiro atoms. The van der Waals surface area contributed by atoms with Gasteiger partial charge in [-0.25, -0.2) is 14.8 Å². The third kappa shape index (κ3) is 13.9. The molecule has 3 rings (SSSR count). The number of carbonyl (C=O) groups excluding carboxylic acids is 2. The first kappa shape index (κ1) is 35.7. The second kappa shape index (κ2) is 18.9. The SMILES string of the molecule is CC(C)(C)c1cnc(CSc2cnc(NC(=O)C3CCN(CC(=O)NCCOCCOCCOCCNC(=O)O)CC3)s2)o1. The largest absolute Gasteiger partial charge is 0.465 e. The third-order valence-corrected chi connectivity index (χ3v) is 8.60. The standard InChI is InChI=1S/C28H44N6O8S2/c1-28(2,3)21-16-31-23(42-21)19-43-24-17-32-26(44-24)33-25(36)20-4-8-34(9-5-20)18-22(35)29-6-10-39-12-14-41-15-13-40-11-7-30-27(37)38/h16-17,20,30H,4-15,18-19H2,1-3H3,(H,29,35)(H,37,38)(H,32,33,36). The molecular weight excluding hydrogens is 612 g/mol. The number of aromatic nitrogens is 2. The van der Waals surface area contributed by atoms with Crippen LogP contribution in [0.1, 0.15) is 45.3 Å². The number of hydrogen-bond acceptors (Lipinski definition) is 12. The molecule has 0 aromatic carbocycles. The molecule has 0 atom stereocenters. The molecule has 0 radical (unpaired) electrons. The summed E-state index contributed by atoms with van der Waals surface area (Å²) in [5, 5.41) is 17.0. The monoisotopic (exact) mass is 656 g/mol. The molecule has 1 aliphatic rings. The summed E-state index contributed by atoms with van der Waals surface area (Å²) in [5.74, 6) is 1.88. The van der Waals surface area contributed by atoms with Crippen molar-refractivity contribution in [1.82, 2.24) is 25.5 Å². The predicted molar refractivity (Wildman–Crippen MR) is 166 cm³/mol. The van der Waals surface area contributed by atoms with E-state index >= 15 is 0 Å². The van der Waals surface area contributed by atoms with Crippen LogP contribution in [0.2, 0.25) is 0 Å². The maximum absolute atomic E-state index is 12.8. The van der Waals surface area contributed by atoms with Crippen LogP contribution in [0.15, 0.2) is 21.0 Å². The molecular formula is C28H44N6O8S2. The smallest absolute Gasteiger partial charge is 0.404 e. The molecule has 246 valence electrons. The first-order valence-corrected chi connectivity index (χ1v) is 16.4. The number of carboxylic acid groups (broad SMARTS) is 1. The number of nitrogens with zero attached hydrogens (tertiary/aromatic N) is 3. The molecule has 14 nitrogen and oxygen atoms in total. The van der Waals surface area contributed by atoms with Gasteiger partial charge in [0.25, 0.3) is 0 Å². The Balaban J connectivity index is 1.19. The van der Waals surface area contributed by atoms with Gasteiger partial charge >= 0.3 is 6.09 Å². The number of piperidine rings is 1. The van der Waals surface area contributed by atoms with Crippen LogP contribution >= 0.6 is 23.1 Å². The van der Waals surface area contributed by atoms with Gasteiger partial charge in [-0.2, -0.15) is 0 Å². The van der Waals surface area contributed by atoms with Crippen molar-refractivity contribution in [2.24, 2.45) is 5.92 Å². The molecule has 44 heavy (non-hydrogen) atoms. The number of thiazole rings is 1. The zero-order valence-electron chi connectivity index (χ0n) is 25.6. The number of oxazole rings is 1. The van der Waals surface area contributed by atoms with E-state index in [9.17, 15) is 14.4 Å². The van der Waals surface area contributed by atoms with E-state index in [1.54, 1.807) is 24.2 Å². The van der Waals surface area contributed by atoms with Crippen LogP contribution in [-0.4, -0.2) is 110 Å². The van der Waals surface area contributed by atoms with Crippen molar-refractivity contribution in [3.05, 3.63) is 24.0 Å². The van der Waals surface area contributed by atoms with E-state index < -0.39 is 6.09 Å². The van der Waals surface area contributed by atoms with E-state index in [1.165, 1.54) is 11.3 Å². The first-order chi connectivity index (χ1) is 21.1. The lowest BCUT2D eigenvalue weighted by Crippen LogP contribution is -2.44. The molecule has 1 saturated heterocycles. The number of hydrogen-bond donors (Lipinski definition) is 4. The Kier molecular flexibility index (Phi) is 15.4. The lowest BCUT2D eigenvalue weighted by atomic mass is 9.94. The van der Waals surface area contributed by atoms with Gasteiger partial charge in [0.15, 0.2) is 5.13 Å². The van der Waals surface area contributed by atoms with Gasteiger partial charge in [-0.05, 0) is 25.9 Å². The number of rotatable bonds is 19. The Morgan fingerprint density at radius 2 is 1.64 bits per heavy atom. The van der Waals surface area contributed by atoms with E-state index in [0.717, 1.165) is 9.97 Å². The van der Waals surface area contributed by atoms with Crippen molar-refractivity contribution in [1.29, 1.82) is 0 Å². The maximum Gasteiger partial charge on any atom is 0.404 e. The Labute approximate surface area is 266 Å². The molecule has 1 aliphatic heterocycles. The van der Waals surface area contributed by atoms with Gasteiger partial charge in [-0.3, -0.25) is 14.5 Å².